The van der Waals surface area contributed by atoms with Crippen LogP contribution in [-0.4, -0.2) is 34.9 Å². The number of ether oxygens (including phenoxy) is 1. The van der Waals surface area contributed by atoms with Crippen molar-refractivity contribution in [2.45, 2.75) is 44.2 Å². The normalized spacial score (nSPS) is 23.9. The maximum absolute atomic E-state index is 11.9. The van der Waals surface area contributed by atoms with Gasteiger partial charge >= 0.3 is 6.03 Å². The molecule has 0 saturated heterocycles. The van der Waals surface area contributed by atoms with E-state index in [0.717, 1.165) is 19.3 Å². The number of aliphatic hydroxyl groups is 1. The number of hydrogen-bond acceptors (Lipinski definition) is 4. The van der Waals surface area contributed by atoms with Crippen LogP contribution in [0.3, 0.4) is 0 Å². The lowest BCUT2D eigenvalue weighted by Crippen LogP contribution is -2.36. The quantitative estimate of drug-likeness (QED) is 0.729. The van der Waals surface area contributed by atoms with Crippen LogP contribution in [-0.2, 0) is 0 Å². The molecule has 124 valence electrons. The molecule has 0 aromatic carbocycles. The standard InChI is InChI=1S/C17H23N3O3/c21-11-12-5-6-13(9-12)19-17(22)20-14-7-8-16(18-10-14)23-15-3-1-2-4-15/h5-8,10,12-13,15,21H,1-4,9,11H2,(H2,19,20,22)/t12-,13+/m0/s1. The third kappa shape index (κ3) is 4.45. The Morgan fingerprint density at radius 3 is 2.78 bits per heavy atom. The summed E-state index contributed by atoms with van der Waals surface area (Å²) in [4.78, 5) is 16.2. The van der Waals surface area contributed by atoms with Crippen molar-refractivity contribution >= 4 is 11.7 Å². The zero-order valence-corrected chi connectivity index (χ0v) is 13.1. The summed E-state index contributed by atoms with van der Waals surface area (Å²) in [6.45, 7) is 0.114. The largest absolute Gasteiger partial charge is 0.474 e. The smallest absolute Gasteiger partial charge is 0.319 e. The molecule has 0 spiro atoms. The van der Waals surface area contributed by atoms with E-state index in [9.17, 15) is 4.79 Å². The van der Waals surface area contributed by atoms with Crippen molar-refractivity contribution in [2.24, 2.45) is 5.92 Å². The Labute approximate surface area is 135 Å². The molecule has 1 fully saturated rings. The zero-order valence-electron chi connectivity index (χ0n) is 13.1. The maximum Gasteiger partial charge on any atom is 0.319 e. The minimum Gasteiger partial charge on any atom is -0.474 e. The molecule has 1 aromatic rings. The van der Waals surface area contributed by atoms with Gasteiger partial charge in [0, 0.05) is 24.6 Å². The number of nitrogens with one attached hydrogen (secondary N) is 2. The molecule has 2 atom stereocenters. The Bertz CT molecular complexity index is 553. The van der Waals surface area contributed by atoms with E-state index in [0.29, 0.717) is 11.6 Å². The number of nitrogens with zero attached hydrogens (tertiary/aromatic N) is 1. The van der Waals surface area contributed by atoms with Gasteiger partial charge in [-0.2, -0.15) is 0 Å². The average molecular weight is 317 g/mol. The van der Waals surface area contributed by atoms with E-state index in [2.05, 4.69) is 15.6 Å². The van der Waals surface area contributed by atoms with Crippen LogP contribution >= 0.6 is 0 Å². The molecule has 2 aliphatic rings. The molecule has 6 nitrogen and oxygen atoms in total. The molecule has 0 radical (unpaired) electrons. The third-order valence-electron chi connectivity index (χ3n) is 4.31. The number of aromatic nitrogens is 1. The van der Waals surface area contributed by atoms with Crippen LogP contribution in [0.25, 0.3) is 0 Å². The van der Waals surface area contributed by atoms with Gasteiger partial charge in [-0.05, 0) is 38.2 Å². The average Bonchev–Trinajstić information content (AvgIpc) is 3.21. The number of amides is 2. The first kappa shape index (κ1) is 15.8. The van der Waals surface area contributed by atoms with E-state index in [1.54, 1.807) is 18.3 Å². The molecular formula is C17H23N3O3. The molecule has 0 aliphatic heterocycles. The van der Waals surface area contributed by atoms with Crippen LogP contribution < -0.4 is 15.4 Å². The van der Waals surface area contributed by atoms with Crippen LogP contribution in [0.1, 0.15) is 32.1 Å². The lowest BCUT2D eigenvalue weighted by molar-refractivity contribution is 0.201. The molecule has 2 amide bonds. The number of carbonyl (C=O) groups excluding carboxylic acids is 1. The molecule has 0 unspecified atom stereocenters. The summed E-state index contributed by atoms with van der Waals surface area (Å²) in [5.74, 6) is 0.737. The Hall–Kier alpha value is -2.08. The fourth-order valence-electron chi connectivity index (χ4n) is 3.05. The van der Waals surface area contributed by atoms with Crippen molar-refractivity contribution in [1.29, 1.82) is 0 Å². The summed E-state index contributed by atoms with van der Waals surface area (Å²) >= 11 is 0. The second-order valence-corrected chi connectivity index (χ2v) is 6.18. The van der Waals surface area contributed by atoms with Crippen molar-refractivity contribution in [1.82, 2.24) is 10.3 Å². The molecular weight excluding hydrogens is 294 g/mol. The van der Waals surface area contributed by atoms with E-state index in [4.69, 9.17) is 9.84 Å². The summed E-state index contributed by atoms with van der Waals surface area (Å²) in [7, 11) is 0. The topological polar surface area (TPSA) is 83.5 Å². The molecule has 1 aromatic heterocycles. The fraction of sp³-hybridized carbons (Fsp3) is 0.529. The maximum atomic E-state index is 11.9. The van der Waals surface area contributed by atoms with E-state index in [1.165, 1.54) is 12.8 Å². The van der Waals surface area contributed by atoms with E-state index < -0.39 is 0 Å². The lowest BCUT2D eigenvalue weighted by Gasteiger charge is -2.14. The number of carbonyl (C=O) groups is 1. The second kappa shape index (κ2) is 7.46. The summed E-state index contributed by atoms with van der Waals surface area (Å²) in [6.07, 6.45) is 11.1. The minimum atomic E-state index is -0.274. The summed E-state index contributed by atoms with van der Waals surface area (Å²) < 4.78 is 5.79. The third-order valence-corrected chi connectivity index (χ3v) is 4.31. The molecule has 0 bridgehead atoms. The van der Waals surface area contributed by atoms with Gasteiger partial charge in [0.25, 0.3) is 0 Å². The van der Waals surface area contributed by atoms with Crippen LogP contribution in [0.4, 0.5) is 10.5 Å². The highest BCUT2D eigenvalue weighted by Crippen LogP contribution is 2.23. The zero-order chi connectivity index (χ0) is 16.1. The van der Waals surface area contributed by atoms with Crippen molar-refractivity contribution in [2.75, 3.05) is 11.9 Å². The lowest BCUT2D eigenvalue weighted by atomic mass is 10.1. The van der Waals surface area contributed by atoms with Crippen LogP contribution in [0.2, 0.25) is 0 Å². The monoisotopic (exact) mass is 317 g/mol. The van der Waals surface area contributed by atoms with Crippen LogP contribution in [0.5, 0.6) is 5.88 Å². The molecule has 3 N–H and O–H groups in total. The molecule has 1 saturated carbocycles. The Morgan fingerprint density at radius 1 is 1.30 bits per heavy atom. The van der Waals surface area contributed by atoms with Gasteiger partial charge in [0.15, 0.2) is 0 Å². The summed E-state index contributed by atoms with van der Waals surface area (Å²) in [5, 5.41) is 14.7. The van der Waals surface area contributed by atoms with Crippen molar-refractivity contribution in [3.8, 4) is 5.88 Å². The summed E-state index contributed by atoms with van der Waals surface area (Å²) in [5.41, 5.74) is 0.627. The fourth-order valence-corrected chi connectivity index (χ4v) is 3.05. The highest BCUT2D eigenvalue weighted by atomic mass is 16.5. The SMILES string of the molecule is O=C(Nc1ccc(OC2CCCC2)nc1)N[C@@H]1C=C[C@H](CO)C1. The first-order valence-corrected chi connectivity index (χ1v) is 8.22. The van der Waals surface area contributed by atoms with Gasteiger partial charge in [-0.15, -0.1) is 0 Å². The van der Waals surface area contributed by atoms with Gasteiger partial charge in [-0.3, -0.25) is 0 Å². The van der Waals surface area contributed by atoms with E-state index in [1.807, 2.05) is 12.2 Å². The van der Waals surface area contributed by atoms with E-state index >= 15 is 0 Å². The highest BCUT2D eigenvalue weighted by Gasteiger charge is 2.20. The van der Waals surface area contributed by atoms with E-state index in [-0.39, 0.29) is 30.7 Å². The molecule has 1 heterocycles. The van der Waals surface area contributed by atoms with Gasteiger partial charge in [0.2, 0.25) is 5.88 Å². The van der Waals surface area contributed by atoms with Gasteiger partial charge in [-0.25, -0.2) is 9.78 Å². The molecule has 2 aliphatic carbocycles. The Kier molecular flexibility index (Phi) is 5.12. The predicted octanol–water partition coefficient (Wildman–Crippen LogP) is 2.46. The van der Waals surface area contributed by atoms with Crippen molar-refractivity contribution in [3.63, 3.8) is 0 Å². The van der Waals surface area contributed by atoms with Crippen molar-refractivity contribution in [3.05, 3.63) is 30.5 Å². The number of pyridine rings is 1. The Balaban J connectivity index is 1.46. The first-order chi connectivity index (χ1) is 11.2. The van der Waals surface area contributed by atoms with Crippen molar-refractivity contribution < 1.29 is 14.6 Å². The molecule has 6 heteroatoms. The van der Waals surface area contributed by atoms with Crippen LogP contribution in [0, 0.1) is 5.92 Å². The summed E-state index contributed by atoms with van der Waals surface area (Å²) in [6, 6.07) is 3.26. The number of aliphatic hydroxyl groups excluding tert-OH is 1. The predicted molar refractivity (Wildman–Crippen MR) is 87.4 cm³/mol. The van der Waals surface area contributed by atoms with Gasteiger partial charge in [0.05, 0.1) is 11.9 Å². The van der Waals surface area contributed by atoms with Gasteiger partial charge < -0.3 is 20.5 Å². The minimum absolute atomic E-state index is 0.0370. The second-order valence-electron chi connectivity index (χ2n) is 6.18. The first-order valence-electron chi connectivity index (χ1n) is 8.22. The van der Waals surface area contributed by atoms with Gasteiger partial charge in [0.1, 0.15) is 6.10 Å². The number of anilines is 1. The number of rotatable bonds is 5. The number of urea groups is 1. The molecule has 3 rings (SSSR count). The Morgan fingerprint density at radius 2 is 2.13 bits per heavy atom. The van der Waals surface area contributed by atoms with Crippen LogP contribution in [0.15, 0.2) is 30.5 Å². The number of hydrogen-bond donors (Lipinski definition) is 3. The van der Waals surface area contributed by atoms with Gasteiger partial charge in [-0.1, -0.05) is 12.2 Å². The highest BCUT2D eigenvalue weighted by molar-refractivity contribution is 5.89. The molecule has 23 heavy (non-hydrogen) atoms.